The van der Waals surface area contributed by atoms with Crippen molar-refractivity contribution in [1.82, 2.24) is 0 Å². The van der Waals surface area contributed by atoms with Gasteiger partial charge < -0.3 is 5.73 Å². The molecule has 2 N–H and O–H groups in total. The van der Waals surface area contributed by atoms with E-state index in [1.54, 1.807) is 48.5 Å². The third-order valence-corrected chi connectivity index (χ3v) is 5.79. The number of primary amides is 1. The van der Waals surface area contributed by atoms with Gasteiger partial charge >= 0.3 is 0 Å². The van der Waals surface area contributed by atoms with E-state index in [-0.39, 0.29) is 4.90 Å². The van der Waals surface area contributed by atoms with Crippen molar-refractivity contribution in [2.75, 3.05) is 0 Å². The van der Waals surface area contributed by atoms with E-state index in [1.165, 1.54) is 19.1 Å². The molecule has 0 aromatic heterocycles. The number of carbonyl (C=O) groups excluding carboxylic acids is 1. The molecule has 0 saturated carbocycles. The highest BCUT2D eigenvalue weighted by Crippen LogP contribution is 2.34. The zero-order valence-electron chi connectivity index (χ0n) is 11.0. The molecule has 20 heavy (non-hydrogen) atoms. The number of benzene rings is 2. The van der Waals surface area contributed by atoms with Gasteiger partial charge in [-0.05, 0) is 24.6 Å². The second kappa shape index (κ2) is 5.09. The highest BCUT2D eigenvalue weighted by atomic mass is 32.2. The minimum absolute atomic E-state index is 0.0742. The van der Waals surface area contributed by atoms with Crippen LogP contribution in [-0.4, -0.2) is 14.3 Å². The van der Waals surface area contributed by atoms with Gasteiger partial charge in [0.15, 0.2) is 14.6 Å². The van der Waals surface area contributed by atoms with Crippen molar-refractivity contribution < 1.29 is 13.2 Å². The molecule has 0 fully saturated rings. The number of sulfone groups is 1. The van der Waals surface area contributed by atoms with Crippen LogP contribution in [0.25, 0.3) is 0 Å². The molecule has 0 heterocycles. The quantitative estimate of drug-likeness (QED) is 0.933. The predicted octanol–water partition coefficient (Wildman–Crippen LogP) is 1.86. The van der Waals surface area contributed by atoms with Crippen molar-refractivity contribution in [3.63, 3.8) is 0 Å². The van der Waals surface area contributed by atoms with E-state index in [2.05, 4.69) is 0 Å². The molecule has 4 nitrogen and oxygen atoms in total. The maximum Gasteiger partial charge on any atom is 0.243 e. The summed E-state index contributed by atoms with van der Waals surface area (Å²) in [4.78, 5) is 12.0. The largest absolute Gasteiger partial charge is 0.368 e. The van der Waals surface area contributed by atoms with Crippen LogP contribution in [0.15, 0.2) is 65.6 Å². The van der Waals surface area contributed by atoms with Gasteiger partial charge in [-0.3, -0.25) is 4.79 Å². The van der Waals surface area contributed by atoms with Crippen LogP contribution < -0.4 is 5.73 Å². The summed E-state index contributed by atoms with van der Waals surface area (Å²) in [6, 6.07) is 16.1. The van der Waals surface area contributed by atoms with Gasteiger partial charge in [0.1, 0.15) is 0 Å². The SMILES string of the molecule is C[C@@](C(N)=O)(c1ccccc1)S(=O)(=O)c1ccccc1. The Labute approximate surface area is 118 Å². The number of hydrogen-bond acceptors (Lipinski definition) is 3. The van der Waals surface area contributed by atoms with Gasteiger partial charge in [-0.15, -0.1) is 0 Å². The van der Waals surface area contributed by atoms with Gasteiger partial charge in [0.2, 0.25) is 5.91 Å². The maximum atomic E-state index is 12.8. The molecule has 2 rings (SSSR count). The van der Waals surface area contributed by atoms with E-state index in [0.717, 1.165) is 0 Å². The Morgan fingerprint density at radius 1 is 0.950 bits per heavy atom. The second-order valence-corrected chi connectivity index (χ2v) is 6.87. The molecule has 0 bridgehead atoms. The Bertz CT molecular complexity index is 711. The average molecular weight is 289 g/mol. The lowest BCUT2D eigenvalue weighted by atomic mass is 10.00. The zero-order valence-corrected chi connectivity index (χ0v) is 11.8. The Balaban J connectivity index is 2.70. The topological polar surface area (TPSA) is 77.2 Å². The minimum atomic E-state index is -3.93. The first-order chi connectivity index (χ1) is 9.40. The predicted molar refractivity (Wildman–Crippen MR) is 76.6 cm³/mol. The molecule has 1 amide bonds. The Kier molecular flexibility index (Phi) is 3.63. The lowest BCUT2D eigenvalue weighted by molar-refractivity contribution is -0.120. The molecule has 0 radical (unpaired) electrons. The van der Waals surface area contributed by atoms with E-state index in [9.17, 15) is 13.2 Å². The molecule has 0 spiro atoms. The molecule has 104 valence electrons. The summed E-state index contributed by atoms with van der Waals surface area (Å²) in [5.41, 5.74) is 5.77. The number of carbonyl (C=O) groups is 1. The van der Waals surface area contributed by atoms with Gasteiger partial charge in [-0.2, -0.15) is 0 Å². The van der Waals surface area contributed by atoms with Gasteiger partial charge in [0.25, 0.3) is 0 Å². The lowest BCUT2D eigenvalue weighted by Crippen LogP contribution is -2.45. The molecule has 0 saturated heterocycles. The molecule has 5 heteroatoms. The molecule has 2 aromatic rings. The summed E-state index contributed by atoms with van der Waals surface area (Å²) in [6.07, 6.45) is 0. The van der Waals surface area contributed by atoms with E-state index in [4.69, 9.17) is 5.73 Å². The summed E-state index contributed by atoms with van der Waals surface area (Å²) < 4.78 is 23.8. The van der Waals surface area contributed by atoms with Crippen LogP contribution in [0.4, 0.5) is 0 Å². The van der Waals surface area contributed by atoms with Crippen LogP contribution in [0.5, 0.6) is 0 Å². The summed E-state index contributed by atoms with van der Waals surface area (Å²) in [5.74, 6) is -0.896. The van der Waals surface area contributed by atoms with Crippen molar-refractivity contribution in [2.24, 2.45) is 5.73 Å². The van der Waals surface area contributed by atoms with Crippen molar-refractivity contribution >= 4 is 15.7 Å². The molecular weight excluding hydrogens is 274 g/mol. The summed E-state index contributed by atoms with van der Waals surface area (Å²) in [6.45, 7) is 1.34. The van der Waals surface area contributed by atoms with Crippen LogP contribution >= 0.6 is 0 Å². The van der Waals surface area contributed by atoms with Gasteiger partial charge in [0.05, 0.1) is 4.90 Å². The summed E-state index contributed by atoms with van der Waals surface area (Å²) >= 11 is 0. The second-order valence-electron chi connectivity index (χ2n) is 4.58. The number of amides is 1. The first-order valence-corrected chi connectivity index (χ1v) is 7.54. The molecule has 1 atom stereocenters. The monoisotopic (exact) mass is 289 g/mol. The average Bonchev–Trinajstić information content (AvgIpc) is 2.47. The Hall–Kier alpha value is -2.14. The highest BCUT2D eigenvalue weighted by Gasteiger charge is 2.47. The molecule has 0 aliphatic heterocycles. The highest BCUT2D eigenvalue weighted by molar-refractivity contribution is 7.93. The van der Waals surface area contributed by atoms with Crippen LogP contribution in [0.2, 0.25) is 0 Å². The first-order valence-electron chi connectivity index (χ1n) is 6.06. The summed E-state index contributed by atoms with van der Waals surface area (Å²) in [5, 5.41) is 0. The minimum Gasteiger partial charge on any atom is -0.368 e. The van der Waals surface area contributed by atoms with Gasteiger partial charge in [-0.1, -0.05) is 48.5 Å². The molecule has 0 aliphatic carbocycles. The fourth-order valence-corrected chi connectivity index (χ4v) is 3.72. The van der Waals surface area contributed by atoms with E-state index < -0.39 is 20.5 Å². The number of nitrogens with two attached hydrogens (primary N) is 1. The third-order valence-electron chi connectivity index (χ3n) is 3.39. The first kappa shape index (κ1) is 14.3. The maximum absolute atomic E-state index is 12.8. The Morgan fingerprint density at radius 3 is 1.85 bits per heavy atom. The number of rotatable bonds is 4. The van der Waals surface area contributed by atoms with E-state index in [0.29, 0.717) is 5.56 Å². The Morgan fingerprint density at radius 2 is 1.40 bits per heavy atom. The van der Waals surface area contributed by atoms with Crippen LogP contribution in [-0.2, 0) is 19.4 Å². The van der Waals surface area contributed by atoms with Crippen molar-refractivity contribution in [3.8, 4) is 0 Å². The van der Waals surface area contributed by atoms with E-state index >= 15 is 0 Å². The molecule has 2 aromatic carbocycles. The van der Waals surface area contributed by atoms with Crippen LogP contribution in [0, 0.1) is 0 Å². The fraction of sp³-hybridized carbons (Fsp3) is 0.133. The van der Waals surface area contributed by atoms with E-state index in [1.807, 2.05) is 0 Å². The molecule has 0 aliphatic rings. The van der Waals surface area contributed by atoms with Crippen LogP contribution in [0.1, 0.15) is 12.5 Å². The standard InChI is InChI=1S/C15H15NO3S/c1-15(14(16)17,12-8-4-2-5-9-12)20(18,19)13-10-6-3-7-11-13/h2-11H,1H3,(H2,16,17)/t15-/m0/s1. The smallest absolute Gasteiger partial charge is 0.243 e. The molecular formula is C15H15NO3S. The van der Waals surface area contributed by atoms with Gasteiger partial charge in [0, 0.05) is 0 Å². The van der Waals surface area contributed by atoms with Gasteiger partial charge in [-0.25, -0.2) is 8.42 Å². The number of hydrogen-bond donors (Lipinski definition) is 1. The van der Waals surface area contributed by atoms with Crippen LogP contribution in [0.3, 0.4) is 0 Å². The molecule has 0 unspecified atom stereocenters. The normalized spacial score (nSPS) is 14.4. The third kappa shape index (κ3) is 2.10. The van der Waals surface area contributed by atoms with Crippen molar-refractivity contribution in [3.05, 3.63) is 66.2 Å². The lowest BCUT2D eigenvalue weighted by Gasteiger charge is -2.26. The fourth-order valence-electron chi connectivity index (χ4n) is 2.02. The summed E-state index contributed by atoms with van der Waals surface area (Å²) in [7, 11) is -3.93. The zero-order chi connectivity index (χ0) is 14.8. The van der Waals surface area contributed by atoms with Crippen molar-refractivity contribution in [1.29, 1.82) is 0 Å². The van der Waals surface area contributed by atoms with Crippen molar-refractivity contribution in [2.45, 2.75) is 16.6 Å².